The van der Waals surface area contributed by atoms with Crippen molar-refractivity contribution >= 4 is 109 Å². The molecule has 4 atom stereocenters. The number of amides is 4. The van der Waals surface area contributed by atoms with Gasteiger partial charge in [0.2, 0.25) is 0 Å². The fraction of sp³-hybridized carbons (Fsp3) is 0.281. The summed E-state index contributed by atoms with van der Waals surface area (Å²) in [6.45, 7) is 0. The molecule has 18 nitrogen and oxygen atoms in total. The molecule has 5 N–H and O–H groups in total. The number of rotatable bonds is 13. The van der Waals surface area contributed by atoms with E-state index in [1.807, 2.05) is 0 Å². The second-order valence-corrected chi connectivity index (χ2v) is 16.7. The summed E-state index contributed by atoms with van der Waals surface area (Å²) in [4.78, 5) is 104. The summed E-state index contributed by atoms with van der Waals surface area (Å²) in [7, 11) is 1.24. The Hall–Kier alpha value is -4.97. The van der Waals surface area contributed by atoms with Gasteiger partial charge in [0.15, 0.2) is 22.4 Å². The van der Waals surface area contributed by atoms with Crippen LogP contribution >= 0.6 is 58.4 Å². The number of anilines is 1. The number of thioether (sulfide) groups is 4. The highest BCUT2D eigenvalue weighted by Gasteiger charge is 2.57. The molecule has 286 valence electrons. The van der Waals surface area contributed by atoms with Crippen molar-refractivity contribution in [2.45, 2.75) is 22.8 Å². The van der Waals surface area contributed by atoms with Gasteiger partial charge in [-0.05, 0) is 35.4 Å². The number of nitrogen functional groups attached to an aromatic ring is 1. The van der Waals surface area contributed by atoms with Gasteiger partial charge in [-0.1, -0.05) is 28.7 Å². The average molecular weight is 846 g/mol. The van der Waals surface area contributed by atoms with Gasteiger partial charge < -0.3 is 35.1 Å². The third kappa shape index (κ3) is 7.40. The molecule has 4 aliphatic heterocycles. The number of furan rings is 2. The maximum absolute atomic E-state index is 14.1. The van der Waals surface area contributed by atoms with Crippen molar-refractivity contribution in [3.8, 4) is 0 Å². The van der Waals surface area contributed by atoms with Crippen molar-refractivity contribution in [3.63, 3.8) is 0 Å². The van der Waals surface area contributed by atoms with Gasteiger partial charge in [-0.3, -0.25) is 38.6 Å². The molecule has 0 bridgehead atoms. The predicted octanol–water partition coefficient (Wildman–Crippen LogP) is 1.80. The molecule has 4 aliphatic rings. The standard InChI is InChI=1S/C32H27N7O11S5/c1-48-37-18(15-12-55-32(33)34-15)23(40)35-19-25(42)38-21(13(8-51-27(19)38)10-53-30(46)16-4-2-6-49-16)24(41)36-20-26(43)39-22(29(44)45)14(9-52-28(20)39)11-54-31(47)17-5-3-7-50-17/h2-7,12,19-20,27-28H,8-11H2,1H3,(H2,33,34)(H,35,40)(H,36,41)(H,44,45)/b37-18-/t19-,20-,27-,28-/m1/s1. The molecule has 0 saturated carbocycles. The summed E-state index contributed by atoms with van der Waals surface area (Å²) in [6.07, 6.45) is 2.70. The topological polar surface area (TPSA) is 257 Å². The minimum absolute atomic E-state index is 0.00316. The van der Waals surface area contributed by atoms with E-state index in [-0.39, 0.29) is 62.5 Å². The van der Waals surface area contributed by atoms with Gasteiger partial charge in [0.05, 0.1) is 12.5 Å². The first-order valence-corrected chi connectivity index (χ1v) is 20.9. The molecule has 0 aromatic carbocycles. The minimum atomic E-state index is -1.36. The maximum atomic E-state index is 14.1. The Morgan fingerprint density at radius 1 is 0.927 bits per heavy atom. The number of fused-ring (bicyclic) bond motifs is 2. The number of aliphatic carboxylic acids is 1. The fourth-order valence-electron chi connectivity index (χ4n) is 5.95. The number of aromatic nitrogens is 1. The summed E-state index contributed by atoms with van der Waals surface area (Å²) < 4.78 is 10.3. The SMILES string of the molecule is CO/N=C(\C(=O)N[C@@H]1C(=O)N2C(C(=O)N[C@@H]3C(=O)N4C(C(=O)O)=C(CSC(=O)c5ccco5)CS[C@H]34)=C(CSC(=O)c3ccco3)CS[C@H]12)c1csc(N)n1. The second kappa shape index (κ2) is 16.0. The molecule has 0 aliphatic carbocycles. The van der Waals surface area contributed by atoms with E-state index in [1.54, 1.807) is 12.1 Å². The Balaban J connectivity index is 1.09. The highest BCUT2D eigenvalue weighted by Crippen LogP contribution is 2.44. The van der Waals surface area contributed by atoms with Gasteiger partial charge in [-0.25, -0.2) is 9.78 Å². The number of carbonyl (C=O) groups excluding carboxylic acids is 6. The van der Waals surface area contributed by atoms with E-state index >= 15 is 0 Å². The molecular weight excluding hydrogens is 819 g/mol. The van der Waals surface area contributed by atoms with E-state index in [9.17, 15) is 38.7 Å². The molecule has 0 unspecified atom stereocenters. The molecule has 55 heavy (non-hydrogen) atoms. The van der Waals surface area contributed by atoms with Crippen LogP contribution in [0.2, 0.25) is 0 Å². The molecule has 3 aromatic rings. The summed E-state index contributed by atoms with van der Waals surface area (Å²) in [5, 5.41) is 18.5. The number of nitrogens with two attached hydrogens (primary N) is 1. The van der Waals surface area contributed by atoms with Gasteiger partial charge in [-0.15, -0.1) is 34.9 Å². The number of carboxylic acids is 1. The fourth-order valence-corrected chi connectivity index (χ4v) is 11.1. The first-order chi connectivity index (χ1) is 26.5. The summed E-state index contributed by atoms with van der Waals surface area (Å²) >= 11 is 5.25. The third-order valence-corrected chi connectivity index (χ3v) is 13.7. The van der Waals surface area contributed by atoms with E-state index in [1.165, 1.54) is 65.6 Å². The maximum Gasteiger partial charge on any atom is 0.352 e. The molecule has 0 radical (unpaired) electrons. The van der Waals surface area contributed by atoms with Crippen LogP contribution in [0.15, 0.2) is 78.7 Å². The van der Waals surface area contributed by atoms with Gasteiger partial charge in [0.25, 0.3) is 33.9 Å². The smallest absolute Gasteiger partial charge is 0.352 e. The van der Waals surface area contributed by atoms with Crippen molar-refractivity contribution in [1.82, 2.24) is 25.4 Å². The zero-order chi connectivity index (χ0) is 39.0. The highest BCUT2D eigenvalue weighted by atomic mass is 32.2. The highest BCUT2D eigenvalue weighted by molar-refractivity contribution is 8.14. The number of nitrogens with zero attached hydrogens (tertiary/aromatic N) is 4. The van der Waals surface area contributed by atoms with Crippen molar-refractivity contribution in [1.29, 1.82) is 0 Å². The van der Waals surface area contributed by atoms with E-state index in [4.69, 9.17) is 19.4 Å². The number of nitrogens with one attached hydrogen (secondary N) is 2. The van der Waals surface area contributed by atoms with Crippen LogP contribution in [-0.4, -0.2) is 118 Å². The molecule has 4 amide bonds. The zero-order valence-electron chi connectivity index (χ0n) is 28.1. The first kappa shape index (κ1) is 38.3. The zero-order valence-corrected chi connectivity index (χ0v) is 32.2. The van der Waals surface area contributed by atoms with E-state index in [2.05, 4.69) is 20.8 Å². The first-order valence-electron chi connectivity index (χ1n) is 15.9. The Morgan fingerprint density at radius 3 is 1.96 bits per heavy atom. The number of oxime groups is 1. The van der Waals surface area contributed by atoms with Crippen LogP contribution in [0.25, 0.3) is 0 Å². The van der Waals surface area contributed by atoms with E-state index in [0.717, 1.165) is 39.8 Å². The number of β-lactam (4-membered cyclic amide) rings is 2. The number of hydrogen-bond donors (Lipinski definition) is 4. The number of thiazole rings is 1. The molecule has 2 fully saturated rings. The number of hydrogen-bond acceptors (Lipinski definition) is 18. The van der Waals surface area contributed by atoms with Crippen LogP contribution in [0.5, 0.6) is 0 Å². The van der Waals surface area contributed by atoms with Crippen molar-refractivity contribution in [3.05, 3.63) is 81.9 Å². The Kier molecular flexibility index (Phi) is 11.2. The van der Waals surface area contributed by atoms with Crippen LogP contribution in [0, 0.1) is 0 Å². The lowest BCUT2D eigenvalue weighted by atomic mass is 10.0. The molecule has 7 heterocycles. The Bertz CT molecular complexity index is 2180. The van der Waals surface area contributed by atoms with E-state index in [0.29, 0.717) is 11.1 Å². The largest absolute Gasteiger partial charge is 0.477 e. The minimum Gasteiger partial charge on any atom is -0.477 e. The summed E-state index contributed by atoms with van der Waals surface area (Å²) in [5.74, 6) is -3.74. The molecule has 23 heteroatoms. The van der Waals surface area contributed by atoms with Crippen LogP contribution in [-0.2, 0) is 28.8 Å². The summed E-state index contributed by atoms with van der Waals surface area (Å²) in [5.41, 5.74) is 6.04. The van der Waals surface area contributed by atoms with Crippen LogP contribution in [0.4, 0.5) is 5.13 Å². The molecule has 2 saturated heterocycles. The van der Waals surface area contributed by atoms with Crippen molar-refractivity contribution in [2.24, 2.45) is 5.16 Å². The van der Waals surface area contributed by atoms with Gasteiger partial charge in [0.1, 0.15) is 47.0 Å². The van der Waals surface area contributed by atoms with Gasteiger partial charge >= 0.3 is 5.97 Å². The third-order valence-electron chi connectivity index (χ3n) is 8.45. The average Bonchev–Trinajstić information content (AvgIpc) is 3.99. The quantitative estimate of drug-likeness (QED) is 0.109. The van der Waals surface area contributed by atoms with Gasteiger partial charge in [-0.2, -0.15) is 0 Å². The van der Waals surface area contributed by atoms with Crippen molar-refractivity contribution < 1.29 is 52.3 Å². The molecular formula is C32H27N7O11S5. The van der Waals surface area contributed by atoms with Crippen LogP contribution < -0.4 is 16.4 Å². The number of carbonyl (C=O) groups is 7. The normalized spacial score (nSPS) is 22.0. The lowest BCUT2D eigenvalue weighted by Gasteiger charge is -2.52. The van der Waals surface area contributed by atoms with Gasteiger partial charge in [0, 0.05) is 28.4 Å². The van der Waals surface area contributed by atoms with Crippen molar-refractivity contribution in [2.75, 3.05) is 35.9 Å². The molecule has 3 aromatic heterocycles. The van der Waals surface area contributed by atoms with Crippen LogP contribution in [0.1, 0.15) is 26.8 Å². The second-order valence-electron chi connectivity index (χ2n) is 11.7. The lowest BCUT2D eigenvalue weighted by molar-refractivity contribution is -0.151. The number of carboxylic acid groups (broad SMARTS) is 1. The summed E-state index contributed by atoms with van der Waals surface area (Å²) in [6, 6.07) is 3.84. The monoisotopic (exact) mass is 845 g/mol. The molecule has 0 spiro atoms. The van der Waals surface area contributed by atoms with E-state index < -0.39 is 62.7 Å². The Morgan fingerprint density at radius 2 is 1.47 bits per heavy atom. The predicted molar refractivity (Wildman–Crippen MR) is 203 cm³/mol. The molecule has 7 rings (SSSR count). The lowest BCUT2D eigenvalue weighted by Crippen LogP contribution is -2.73. The Labute approximate surface area is 331 Å². The van der Waals surface area contributed by atoms with Crippen LogP contribution in [0.3, 0.4) is 0 Å².